The quantitative estimate of drug-likeness (QED) is 0.834. The molecule has 4 nitrogen and oxygen atoms in total. The fourth-order valence-corrected chi connectivity index (χ4v) is 2.23. The van der Waals surface area contributed by atoms with Crippen molar-refractivity contribution >= 4 is 5.69 Å². The van der Waals surface area contributed by atoms with Crippen LogP contribution in [0, 0.1) is 0 Å². The van der Waals surface area contributed by atoms with E-state index in [1.165, 1.54) is 0 Å². The molecule has 2 unspecified atom stereocenters. The van der Waals surface area contributed by atoms with Crippen molar-refractivity contribution in [1.82, 2.24) is 0 Å². The SMILES string of the molecule is COc1ccc(NC2(CN)CCOC2C)cc1. The van der Waals surface area contributed by atoms with Crippen molar-refractivity contribution in [1.29, 1.82) is 0 Å². The molecule has 94 valence electrons. The molecule has 2 rings (SSSR count). The molecule has 2 atom stereocenters. The van der Waals surface area contributed by atoms with Crippen LogP contribution in [-0.4, -0.2) is 31.9 Å². The molecule has 0 amide bonds. The third kappa shape index (κ3) is 2.37. The van der Waals surface area contributed by atoms with Gasteiger partial charge in [-0.05, 0) is 37.6 Å². The number of rotatable bonds is 4. The van der Waals surface area contributed by atoms with E-state index in [-0.39, 0.29) is 11.6 Å². The van der Waals surface area contributed by atoms with Crippen molar-refractivity contribution in [3.05, 3.63) is 24.3 Å². The van der Waals surface area contributed by atoms with Crippen molar-refractivity contribution in [3.63, 3.8) is 0 Å². The van der Waals surface area contributed by atoms with E-state index >= 15 is 0 Å². The molecule has 1 saturated heterocycles. The number of anilines is 1. The fraction of sp³-hybridized carbons (Fsp3) is 0.538. The molecule has 0 bridgehead atoms. The number of benzene rings is 1. The van der Waals surface area contributed by atoms with Gasteiger partial charge >= 0.3 is 0 Å². The molecule has 4 heteroatoms. The molecular weight excluding hydrogens is 216 g/mol. The third-order valence-electron chi connectivity index (χ3n) is 3.54. The maximum absolute atomic E-state index is 5.90. The molecule has 17 heavy (non-hydrogen) atoms. The van der Waals surface area contributed by atoms with E-state index in [0.29, 0.717) is 6.54 Å². The molecule has 0 radical (unpaired) electrons. The summed E-state index contributed by atoms with van der Waals surface area (Å²) < 4.78 is 10.7. The van der Waals surface area contributed by atoms with E-state index in [2.05, 4.69) is 12.2 Å². The molecule has 1 aromatic rings. The van der Waals surface area contributed by atoms with Gasteiger partial charge in [-0.15, -0.1) is 0 Å². The van der Waals surface area contributed by atoms with Crippen molar-refractivity contribution in [2.45, 2.75) is 25.0 Å². The first-order chi connectivity index (χ1) is 8.20. The first kappa shape index (κ1) is 12.2. The second-order valence-corrected chi connectivity index (χ2v) is 4.48. The topological polar surface area (TPSA) is 56.5 Å². The van der Waals surface area contributed by atoms with Crippen LogP contribution in [0.15, 0.2) is 24.3 Å². The molecule has 0 saturated carbocycles. The van der Waals surface area contributed by atoms with E-state index in [0.717, 1.165) is 24.5 Å². The molecule has 3 N–H and O–H groups in total. The monoisotopic (exact) mass is 236 g/mol. The average molecular weight is 236 g/mol. The van der Waals surface area contributed by atoms with Gasteiger partial charge in [-0.2, -0.15) is 0 Å². The second-order valence-electron chi connectivity index (χ2n) is 4.48. The minimum atomic E-state index is -0.144. The van der Waals surface area contributed by atoms with Gasteiger partial charge in [0, 0.05) is 18.8 Å². The number of ether oxygens (including phenoxy) is 2. The summed E-state index contributed by atoms with van der Waals surface area (Å²) in [5.74, 6) is 0.855. The van der Waals surface area contributed by atoms with E-state index in [1.807, 2.05) is 24.3 Å². The average Bonchev–Trinajstić information content (AvgIpc) is 2.72. The van der Waals surface area contributed by atoms with Gasteiger partial charge in [0.25, 0.3) is 0 Å². The first-order valence-corrected chi connectivity index (χ1v) is 5.94. The van der Waals surface area contributed by atoms with Gasteiger partial charge in [-0.25, -0.2) is 0 Å². The fourth-order valence-electron chi connectivity index (χ4n) is 2.23. The van der Waals surface area contributed by atoms with E-state index in [1.54, 1.807) is 7.11 Å². The normalized spacial score (nSPS) is 28.1. The van der Waals surface area contributed by atoms with Crippen molar-refractivity contribution < 1.29 is 9.47 Å². The molecule has 1 aliphatic rings. The number of nitrogens with two attached hydrogens (primary N) is 1. The lowest BCUT2D eigenvalue weighted by atomic mass is 9.91. The zero-order chi connectivity index (χ0) is 12.3. The van der Waals surface area contributed by atoms with Crippen LogP contribution in [0.4, 0.5) is 5.69 Å². The maximum Gasteiger partial charge on any atom is 0.119 e. The molecule has 0 aromatic heterocycles. The van der Waals surface area contributed by atoms with Gasteiger partial charge in [0.05, 0.1) is 18.8 Å². The van der Waals surface area contributed by atoms with Crippen molar-refractivity contribution in [3.8, 4) is 5.75 Å². The molecule has 0 spiro atoms. The van der Waals surface area contributed by atoms with Gasteiger partial charge in [-0.3, -0.25) is 0 Å². The minimum Gasteiger partial charge on any atom is -0.497 e. The van der Waals surface area contributed by atoms with E-state index in [9.17, 15) is 0 Å². The number of nitrogens with one attached hydrogen (secondary N) is 1. The summed E-state index contributed by atoms with van der Waals surface area (Å²) in [5.41, 5.74) is 6.80. The zero-order valence-electron chi connectivity index (χ0n) is 10.4. The van der Waals surface area contributed by atoms with Gasteiger partial charge < -0.3 is 20.5 Å². The van der Waals surface area contributed by atoms with Crippen LogP contribution in [0.5, 0.6) is 5.75 Å². The summed E-state index contributed by atoms with van der Waals surface area (Å²) in [5, 5.41) is 3.50. The lowest BCUT2D eigenvalue weighted by Gasteiger charge is -2.33. The lowest BCUT2D eigenvalue weighted by molar-refractivity contribution is 0.103. The Morgan fingerprint density at radius 1 is 1.47 bits per heavy atom. The van der Waals surface area contributed by atoms with E-state index < -0.39 is 0 Å². The summed E-state index contributed by atoms with van der Waals surface area (Å²) in [6, 6.07) is 7.88. The number of hydrogen-bond acceptors (Lipinski definition) is 4. The smallest absolute Gasteiger partial charge is 0.119 e. The van der Waals surface area contributed by atoms with Crippen molar-refractivity contribution in [2.24, 2.45) is 5.73 Å². The largest absolute Gasteiger partial charge is 0.497 e. The van der Waals surface area contributed by atoms with Crippen LogP contribution in [0.3, 0.4) is 0 Å². The second kappa shape index (κ2) is 4.94. The molecule has 1 aliphatic heterocycles. The van der Waals surface area contributed by atoms with Crippen LogP contribution >= 0.6 is 0 Å². The summed E-state index contributed by atoms with van der Waals surface area (Å²) in [6.07, 6.45) is 1.08. The molecule has 1 fully saturated rings. The van der Waals surface area contributed by atoms with E-state index in [4.69, 9.17) is 15.2 Å². The van der Waals surface area contributed by atoms with Gasteiger partial charge in [-0.1, -0.05) is 0 Å². The highest BCUT2D eigenvalue weighted by molar-refractivity contribution is 5.49. The number of methoxy groups -OCH3 is 1. The summed E-state index contributed by atoms with van der Waals surface area (Å²) in [6.45, 7) is 3.40. The lowest BCUT2D eigenvalue weighted by Crippen LogP contribution is -2.50. The first-order valence-electron chi connectivity index (χ1n) is 5.94. The molecular formula is C13H20N2O2. The summed E-state index contributed by atoms with van der Waals surface area (Å²) in [7, 11) is 1.66. The summed E-state index contributed by atoms with van der Waals surface area (Å²) >= 11 is 0. The Balaban J connectivity index is 2.12. The molecule has 0 aliphatic carbocycles. The van der Waals surface area contributed by atoms with Gasteiger partial charge in [0.1, 0.15) is 5.75 Å². The Morgan fingerprint density at radius 2 is 2.18 bits per heavy atom. The highest BCUT2D eigenvalue weighted by Gasteiger charge is 2.40. The number of hydrogen-bond donors (Lipinski definition) is 2. The van der Waals surface area contributed by atoms with Gasteiger partial charge in [0.2, 0.25) is 0 Å². The van der Waals surface area contributed by atoms with Crippen LogP contribution in [0.2, 0.25) is 0 Å². The Labute approximate surface area is 102 Å². The van der Waals surface area contributed by atoms with Crippen LogP contribution in [0.25, 0.3) is 0 Å². The maximum atomic E-state index is 5.90. The van der Waals surface area contributed by atoms with Crippen LogP contribution < -0.4 is 15.8 Å². The van der Waals surface area contributed by atoms with Crippen LogP contribution in [0.1, 0.15) is 13.3 Å². The molecule has 1 heterocycles. The predicted molar refractivity (Wildman–Crippen MR) is 68.4 cm³/mol. The van der Waals surface area contributed by atoms with Crippen LogP contribution in [-0.2, 0) is 4.74 Å². The standard InChI is InChI=1S/C13H20N2O2/c1-10-13(9-14,7-8-17-10)15-11-3-5-12(16-2)6-4-11/h3-6,10,15H,7-9,14H2,1-2H3. The van der Waals surface area contributed by atoms with Crippen molar-refractivity contribution in [2.75, 3.05) is 25.6 Å². The predicted octanol–water partition coefficient (Wildman–Crippen LogP) is 1.61. The summed E-state index contributed by atoms with van der Waals surface area (Å²) in [4.78, 5) is 0. The Hall–Kier alpha value is -1.26. The highest BCUT2D eigenvalue weighted by atomic mass is 16.5. The van der Waals surface area contributed by atoms with Gasteiger partial charge in [0.15, 0.2) is 0 Å². The Kier molecular flexibility index (Phi) is 3.54. The minimum absolute atomic E-state index is 0.134. The third-order valence-corrected chi connectivity index (χ3v) is 3.54. The molecule has 1 aromatic carbocycles. The Morgan fingerprint density at radius 3 is 2.65 bits per heavy atom. The highest BCUT2D eigenvalue weighted by Crippen LogP contribution is 2.29. The Bertz CT molecular complexity index is 366. The zero-order valence-corrected chi connectivity index (χ0v) is 10.4.